The van der Waals surface area contributed by atoms with Gasteiger partial charge in [-0.25, -0.2) is 14.6 Å². The lowest BCUT2D eigenvalue weighted by molar-refractivity contribution is -0.123. The number of hydrogen-bond donors (Lipinski definition) is 4. The Morgan fingerprint density at radius 1 is 0.943 bits per heavy atom. The third-order valence-electron chi connectivity index (χ3n) is 9.30. The number of rotatable bonds is 19. The first-order valence-corrected chi connectivity index (χ1v) is 18.8. The molecule has 5 N–H and O–H groups in total. The Balaban J connectivity index is 1.12. The van der Waals surface area contributed by atoms with Crippen LogP contribution in [-0.4, -0.2) is 75.1 Å². The van der Waals surface area contributed by atoms with Crippen molar-refractivity contribution in [1.29, 1.82) is 0 Å². The Labute approximate surface area is 311 Å². The van der Waals surface area contributed by atoms with Gasteiger partial charge in [-0.1, -0.05) is 64.3 Å². The molecule has 53 heavy (non-hydrogen) atoms. The second kappa shape index (κ2) is 19.5. The van der Waals surface area contributed by atoms with E-state index in [1.807, 2.05) is 41.1 Å². The number of fused-ring (bicyclic) bond motifs is 1. The van der Waals surface area contributed by atoms with Gasteiger partial charge in [-0.2, -0.15) is 5.10 Å². The van der Waals surface area contributed by atoms with Crippen molar-refractivity contribution in [2.24, 2.45) is 5.92 Å². The maximum Gasteiger partial charge on any atom is 0.247 e. The highest BCUT2D eigenvalue weighted by Gasteiger charge is 2.27. The van der Waals surface area contributed by atoms with E-state index in [9.17, 15) is 14.4 Å². The highest BCUT2D eigenvalue weighted by atomic mass is 16.5. The number of benzene rings is 2. The van der Waals surface area contributed by atoms with Gasteiger partial charge in [0.1, 0.15) is 23.6 Å². The summed E-state index contributed by atoms with van der Waals surface area (Å²) in [4.78, 5) is 47.9. The molecule has 1 saturated heterocycles. The molecule has 282 valence electrons. The molecule has 1 aliphatic heterocycles. The maximum absolute atomic E-state index is 12.7. The third kappa shape index (κ3) is 11.3. The van der Waals surface area contributed by atoms with E-state index in [2.05, 4.69) is 51.2 Å². The van der Waals surface area contributed by atoms with Gasteiger partial charge in [0.15, 0.2) is 11.4 Å². The summed E-state index contributed by atoms with van der Waals surface area (Å²) in [5, 5.41) is 14.6. The van der Waals surface area contributed by atoms with Crippen LogP contribution in [0, 0.1) is 5.92 Å². The van der Waals surface area contributed by atoms with Gasteiger partial charge in [0.25, 0.3) is 0 Å². The summed E-state index contributed by atoms with van der Waals surface area (Å²) in [5.74, 6) is 1.61. The fourth-order valence-electron chi connectivity index (χ4n) is 6.55. The number of nitrogens with zero attached hydrogens (tertiary/aromatic N) is 5. The molecule has 0 radical (unpaired) electrons. The van der Waals surface area contributed by atoms with Crippen molar-refractivity contribution in [2.75, 3.05) is 43.8 Å². The number of nitrogens with two attached hydrogens (primary N) is 1. The molecule has 3 amide bonds. The van der Waals surface area contributed by atoms with Crippen LogP contribution in [0.5, 0.6) is 11.5 Å². The Morgan fingerprint density at radius 2 is 1.62 bits per heavy atom. The Kier molecular flexibility index (Phi) is 14.3. The van der Waals surface area contributed by atoms with E-state index < -0.39 is 0 Å². The fourth-order valence-corrected chi connectivity index (χ4v) is 6.55. The largest absolute Gasteiger partial charge is 0.455 e. The fraction of sp³-hybridized carbons (Fsp3) is 0.450. The van der Waals surface area contributed by atoms with E-state index in [0.717, 1.165) is 71.0 Å². The molecule has 2 aromatic heterocycles. The highest BCUT2D eigenvalue weighted by Crippen LogP contribution is 2.38. The van der Waals surface area contributed by atoms with Gasteiger partial charge in [-0.15, -0.1) is 0 Å². The Hall–Kier alpha value is -5.30. The average Bonchev–Trinajstić information content (AvgIpc) is 3.54. The van der Waals surface area contributed by atoms with Crippen molar-refractivity contribution in [1.82, 2.24) is 35.3 Å². The molecule has 1 aliphatic rings. The molecule has 5 rings (SSSR count). The van der Waals surface area contributed by atoms with Crippen LogP contribution in [0.1, 0.15) is 77.7 Å². The van der Waals surface area contributed by atoms with Crippen molar-refractivity contribution >= 4 is 40.3 Å². The number of ether oxygens (including phenoxy) is 1. The standard InChI is InChI=1S/C40H53N9O4/c1-4-34(50)46-32-25-29(16-17-33(32)53-31-14-10-9-11-15-31)38-37-39(41)44-27-45-40(37)49(47-38)30-18-22-48(23-19-30)26-36(52)43-21-13-8-6-5-7-12-20-42-35(51)24-28(2)3/h4,9-11,14-17,25,27-28,30H,1,5-8,12-13,18-24,26H2,2-3H3,(H,42,51)(H,43,52)(H,46,50)(H2,41,44,45). The summed E-state index contributed by atoms with van der Waals surface area (Å²) in [6.45, 7) is 11.0. The minimum atomic E-state index is -0.373. The zero-order valence-corrected chi connectivity index (χ0v) is 31.0. The number of piperidine rings is 1. The van der Waals surface area contributed by atoms with Crippen molar-refractivity contribution in [3.63, 3.8) is 0 Å². The second-order valence-corrected chi connectivity index (χ2v) is 14.0. The van der Waals surface area contributed by atoms with Crippen LogP contribution in [0.2, 0.25) is 0 Å². The van der Waals surface area contributed by atoms with Crippen LogP contribution in [0.3, 0.4) is 0 Å². The van der Waals surface area contributed by atoms with Gasteiger partial charge in [0.05, 0.1) is 23.7 Å². The molecule has 0 aliphatic carbocycles. The summed E-state index contributed by atoms with van der Waals surface area (Å²) in [6, 6.07) is 14.8. The van der Waals surface area contributed by atoms with E-state index in [-0.39, 0.29) is 23.8 Å². The van der Waals surface area contributed by atoms with E-state index >= 15 is 0 Å². The zero-order valence-electron chi connectivity index (χ0n) is 31.0. The first-order chi connectivity index (χ1) is 25.7. The summed E-state index contributed by atoms with van der Waals surface area (Å²) in [6.07, 6.45) is 11.2. The third-order valence-corrected chi connectivity index (χ3v) is 9.30. The number of likely N-dealkylation sites (tertiary alicyclic amines) is 1. The summed E-state index contributed by atoms with van der Waals surface area (Å²) >= 11 is 0. The Bertz CT molecular complexity index is 1830. The lowest BCUT2D eigenvalue weighted by atomic mass is 10.1. The number of nitrogens with one attached hydrogen (secondary N) is 3. The zero-order chi connectivity index (χ0) is 37.6. The van der Waals surface area contributed by atoms with Crippen LogP contribution in [0.15, 0.2) is 67.5 Å². The van der Waals surface area contributed by atoms with Crippen molar-refractivity contribution in [2.45, 2.75) is 77.7 Å². The lowest BCUT2D eigenvalue weighted by Crippen LogP contribution is -2.42. The number of anilines is 2. The lowest BCUT2D eigenvalue weighted by Gasteiger charge is -2.31. The molecule has 2 aromatic carbocycles. The van der Waals surface area contributed by atoms with Gasteiger partial charge in [-0.05, 0) is 68.0 Å². The van der Waals surface area contributed by atoms with Crippen LogP contribution in [0.4, 0.5) is 11.5 Å². The van der Waals surface area contributed by atoms with Gasteiger partial charge >= 0.3 is 0 Å². The number of unbranched alkanes of at least 4 members (excludes halogenated alkanes) is 5. The summed E-state index contributed by atoms with van der Waals surface area (Å²) < 4.78 is 8.02. The number of nitrogen functional groups attached to an aromatic ring is 1. The number of aromatic nitrogens is 4. The predicted octanol–water partition coefficient (Wildman–Crippen LogP) is 6.25. The molecule has 0 bridgehead atoms. The number of amides is 3. The van der Waals surface area contributed by atoms with Gasteiger partial charge in [0.2, 0.25) is 17.7 Å². The van der Waals surface area contributed by atoms with E-state index in [0.29, 0.717) is 70.7 Å². The molecule has 0 atom stereocenters. The first-order valence-electron chi connectivity index (χ1n) is 18.8. The molecular formula is C40H53N9O4. The number of hydrogen-bond acceptors (Lipinski definition) is 9. The molecule has 13 heteroatoms. The molecule has 0 spiro atoms. The summed E-state index contributed by atoms with van der Waals surface area (Å²) in [7, 11) is 0. The molecule has 4 aromatic rings. The SMILES string of the molecule is C=CC(=O)Nc1cc(-c2nn(C3CCN(CC(=O)NCCCCCCCCNC(=O)CC(C)C)CC3)c3ncnc(N)c23)ccc1Oc1ccccc1. The monoisotopic (exact) mass is 723 g/mol. The topological polar surface area (TPSA) is 169 Å². The molecule has 0 saturated carbocycles. The number of para-hydroxylation sites is 1. The van der Waals surface area contributed by atoms with Crippen molar-refractivity contribution in [3.05, 3.63) is 67.5 Å². The van der Waals surface area contributed by atoms with E-state index in [4.69, 9.17) is 15.6 Å². The minimum Gasteiger partial charge on any atom is -0.455 e. The molecule has 1 fully saturated rings. The maximum atomic E-state index is 12.7. The van der Waals surface area contributed by atoms with E-state index in [1.165, 1.54) is 12.4 Å². The van der Waals surface area contributed by atoms with E-state index in [1.54, 1.807) is 12.1 Å². The Morgan fingerprint density at radius 3 is 2.30 bits per heavy atom. The van der Waals surface area contributed by atoms with Crippen LogP contribution < -0.4 is 26.4 Å². The van der Waals surface area contributed by atoms with Gasteiger partial charge < -0.3 is 26.4 Å². The number of carbonyl (C=O) groups excluding carboxylic acids is 3. The molecule has 3 heterocycles. The van der Waals surface area contributed by atoms with Crippen LogP contribution in [-0.2, 0) is 14.4 Å². The minimum absolute atomic E-state index is 0.0481. The van der Waals surface area contributed by atoms with Crippen molar-refractivity contribution < 1.29 is 19.1 Å². The predicted molar refractivity (Wildman–Crippen MR) is 208 cm³/mol. The van der Waals surface area contributed by atoms with Gasteiger partial charge in [0, 0.05) is 38.2 Å². The average molecular weight is 724 g/mol. The smallest absolute Gasteiger partial charge is 0.247 e. The highest BCUT2D eigenvalue weighted by molar-refractivity contribution is 6.02. The first kappa shape index (κ1) is 38.9. The quantitative estimate of drug-likeness (QED) is 0.0646. The normalized spacial score (nSPS) is 13.6. The molecule has 13 nitrogen and oxygen atoms in total. The summed E-state index contributed by atoms with van der Waals surface area (Å²) in [5.41, 5.74) is 8.83. The van der Waals surface area contributed by atoms with Gasteiger partial charge in [-0.3, -0.25) is 19.3 Å². The van der Waals surface area contributed by atoms with Crippen molar-refractivity contribution in [3.8, 4) is 22.8 Å². The molecule has 0 unspecified atom stereocenters. The molecular weight excluding hydrogens is 670 g/mol. The van der Waals surface area contributed by atoms with Crippen LogP contribution >= 0.6 is 0 Å². The second-order valence-electron chi connectivity index (χ2n) is 14.0. The van der Waals surface area contributed by atoms with Crippen LogP contribution in [0.25, 0.3) is 22.3 Å². The number of carbonyl (C=O) groups is 3.